The molecule has 0 saturated carbocycles. The Bertz CT molecular complexity index is 168. The SMILES string of the molecule is C=CCNC(C)(CC)C(=O)OC. The van der Waals surface area contributed by atoms with Gasteiger partial charge in [0.05, 0.1) is 7.11 Å². The molecule has 0 heterocycles. The molecule has 0 aromatic carbocycles. The molecule has 0 spiro atoms. The average Bonchev–Trinajstić information content (AvgIpc) is 2.12. The van der Waals surface area contributed by atoms with Crippen molar-refractivity contribution >= 4 is 5.97 Å². The Kier molecular flexibility index (Phi) is 4.59. The molecule has 0 saturated heterocycles. The Morgan fingerprint density at radius 3 is 2.67 bits per heavy atom. The number of hydrogen-bond acceptors (Lipinski definition) is 3. The maximum absolute atomic E-state index is 11.3. The summed E-state index contributed by atoms with van der Waals surface area (Å²) in [5, 5.41) is 3.05. The number of carbonyl (C=O) groups excluding carboxylic acids is 1. The van der Waals surface area contributed by atoms with Crippen molar-refractivity contribution in [1.29, 1.82) is 0 Å². The highest BCUT2D eigenvalue weighted by molar-refractivity contribution is 5.80. The van der Waals surface area contributed by atoms with E-state index < -0.39 is 5.54 Å². The van der Waals surface area contributed by atoms with Crippen LogP contribution >= 0.6 is 0 Å². The maximum atomic E-state index is 11.3. The first-order valence-electron chi connectivity index (χ1n) is 4.05. The molecule has 0 aliphatic heterocycles. The quantitative estimate of drug-likeness (QED) is 0.497. The minimum atomic E-state index is -0.580. The van der Waals surface area contributed by atoms with Crippen LogP contribution in [0.5, 0.6) is 0 Å². The summed E-state index contributed by atoms with van der Waals surface area (Å²) in [5.74, 6) is -0.230. The molecule has 0 aliphatic rings. The summed E-state index contributed by atoms with van der Waals surface area (Å²) in [6.07, 6.45) is 2.42. The molecular weight excluding hydrogens is 154 g/mol. The van der Waals surface area contributed by atoms with Crippen molar-refractivity contribution in [1.82, 2.24) is 5.32 Å². The zero-order chi connectivity index (χ0) is 9.61. The van der Waals surface area contributed by atoms with Crippen molar-refractivity contribution in [3.05, 3.63) is 12.7 Å². The van der Waals surface area contributed by atoms with Crippen molar-refractivity contribution in [3.63, 3.8) is 0 Å². The third kappa shape index (κ3) is 2.66. The van der Waals surface area contributed by atoms with Crippen LogP contribution in [-0.2, 0) is 9.53 Å². The van der Waals surface area contributed by atoms with Gasteiger partial charge in [0.2, 0.25) is 0 Å². The van der Waals surface area contributed by atoms with Crippen LogP contribution in [0.1, 0.15) is 20.3 Å². The summed E-state index contributed by atoms with van der Waals surface area (Å²) >= 11 is 0. The zero-order valence-electron chi connectivity index (χ0n) is 8.02. The molecule has 1 N–H and O–H groups in total. The summed E-state index contributed by atoms with van der Waals surface area (Å²) in [5.41, 5.74) is -0.580. The molecule has 3 heteroatoms. The second-order valence-corrected chi connectivity index (χ2v) is 2.85. The van der Waals surface area contributed by atoms with E-state index in [1.807, 2.05) is 13.8 Å². The lowest BCUT2D eigenvalue weighted by Crippen LogP contribution is -2.49. The molecular formula is C9H17NO2. The second kappa shape index (κ2) is 4.93. The zero-order valence-corrected chi connectivity index (χ0v) is 8.02. The second-order valence-electron chi connectivity index (χ2n) is 2.85. The minimum Gasteiger partial charge on any atom is -0.468 e. The number of esters is 1. The standard InChI is InChI=1S/C9H17NO2/c1-5-7-10-9(3,6-2)8(11)12-4/h5,10H,1,6-7H2,2-4H3. The molecule has 1 unspecified atom stereocenters. The highest BCUT2D eigenvalue weighted by atomic mass is 16.5. The number of hydrogen-bond donors (Lipinski definition) is 1. The van der Waals surface area contributed by atoms with Gasteiger partial charge in [-0.25, -0.2) is 0 Å². The molecule has 12 heavy (non-hydrogen) atoms. The predicted molar refractivity (Wildman–Crippen MR) is 48.9 cm³/mol. The van der Waals surface area contributed by atoms with Crippen LogP contribution in [0, 0.1) is 0 Å². The predicted octanol–water partition coefficient (Wildman–Crippen LogP) is 1.10. The van der Waals surface area contributed by atoms with Crippen LogP contribution in [0.4, 0.5) is 0 Å². The summed E-state index contributed by atoms with van der Waals surface area (Å²) in [4.78, 5) is 11.3. The van der Waals surface area contributed by atoms with Crippen LogP contribution in [0.3, 0.4) is 0 Å². The lowest BCUT2D eigenvalue weighted by molar-refractivity contribution is -0.147. The van der Waals surface area contributed by atoms with Gasteiger partial charge in [-0.2, -0.15) is 0 Å². The van der Waals surface area contributed by atoms with E-state index in [4.69, 9.17) is 0 Å². The van der Waals surface area contributed by atoms with E-state index in [9.17, 15) is 4.79 Å². The summed E-state index contributed by atoms with van der Waals surface area (Å²) < 4.78 is 4.67. The first-order valence-corrected chi connectivity index (χ1v) is 4.05. The highest BCUT2D eigenvalue weighted by Gasteiger charge is 2.30. The van der Waals surface area contributed by atoms with Crippen LogP contribution in [0.15, 0.2) is 12.7 Å². The number of methoxy groups -OCH3 is 1. The van der Waals surface area contributed by atoms with Crippen molar-refractivity contribution in [2.24, 2.45) is 0 Å². The molecule has 1 atom stereocenters. The fourth-order valence-electron chi connectivity index (χ4n) is 0.864. The van der Waals surface area contributed by atoms with Crippen LogP contribution in [-0.4, -0.2) is 25.2 Å². The molecule has 0 bridgehead atoms. The molecule has 0 rings (SSSR count). The van der Waals surface area contributed by atoms with Gasteiger partial charge in [0.15, 0.2) is 0 Å². The van der Waals surface area contributed by atoms with E-state index >= 15 is 0 Å². The topological polar surface area (TPSA) is 38.3 Å². The number of rotatable bonds is 5. The highest BCUT2D eigenvalue weighted by Crippen LogP contribution is 2.10. The van der Waals surface area contributed by atoms with Gasteiger partial charge >= 0.3 is 5.97 Å². The van der Waals surface area contributed by atoms with Crippen molar-refractivity contribution in [2.75, 3.05) is 13.7 Å². The van der Waals surface area contributed by atoms with Crippen LogP contribution < -0.4 is 5.32 Å². The first-order chi connectivity index (χ1) is 5.60. The van der Waals surface area contributed by atoms with E-state index in [1.165, 1.54) is 7.11 Å². The molecule has 0 aliphatic carbocycles. The van der Waals surface area contributed by atoms with Gasteiger partial charge in [-0.15, -0.1) is 6.58 Å². The average molecular weight is 171 g/mol. The van der Waals surface area contributed by atoms with Gasteiger partial charge in [0, 0.05) is 6.54 Å². The molecule has 0 radical (unpaired) electrons. The molecule has 0 fully saturated rings. The van der Waals surface area contributed by atoms with Gasteiger partial charge in [0.1, 0.15) is 5.54 Å². The Hall–Kier alpha value is -0.830. The van der Waals surface area contributed by atoms with Crippen LogP contribution in [0.2, 0.25) is 0 Å². The molecule has 0 aromatic rings. The van der Waals surface area contributed by atoms with Crippen molar-refractivity contribution in [2.45, 2.75) is 25.8 Å². The fraction of sp³-hybridized carbons (Fsp3) is 0.667. The number of carbonyl (C=O) groups is 1. The third-order valence-electron chi connectivity index (χ3n) is 1.98. The normalized spacial score (nSPS) is 14.9. The number of nitrogens with one attached hydrogen (secondary N) is 1. The lowest BCUT2D eigenvalue weighted by Gasteiger charge is -2.25. The molecule has 3 nitrogen and oxygen atoms in total. The molecule has 0 amide bonds. The minimum absolute atomic E-state index is 0.230. The number of ether oxygens (including phenoxy) is 1. The maximum Gasteiger partial charge on any atom is 0.325 e. The van der Waals surface area contributed by atoms with E-state index in [0.29, 0.717) is 13.0 Å². The van der Waals surface area contributed by atoms with Gasteiger partial charge in [-0.3, -0.25) is 10.1 Å². The Morgan fingerprint density at radius 1 is 1.75 bits per heavy atom. The van der Waals surface area contributed by atoms with E-state index in [2.05, 4.69) is 16.6 Å². The van der Waals surface area contributed by atoms with Gasteiger partial charge < -0.3 is 4.74 Å². The summed E-state index contributed by atoms with van der Waals surface area (Å²) in [7, 11) is 1.39. The van der Waals surface area contributed by atoms with E-state index in [0.717, 1.165) is 0 Å². The van der Waals surface area contributed by atoms with Gasteiger partial charge in [0.25, 0.3) is 0 Å². The lowest BCUT2D eigenvalue weighted by atomic mass is 9.99. The third-order valence-corrected chi connectivity index (χ3v) is 1.98. The molecule has 70 valence electrons. The first kappa shape index (κ1) is 11.2. The van der Waals surface area contributed by atoms with E-state index in [1.54, 1.807) is 6.08 Å². The smallest absolute Gasteiger partial charge is 0.325 e. The Balaban J connectivity index is 4.22. The fourth-order valence-corrected chi connectivity index (χ4v) is 0.864. The molecule has 0 aromatic heterocycles. The van der Waals surface area contributed by atoms with Gasteiger partial charge in [-0.05, 0) is 13.3 Å². The summed E-state index contributed by atoms with van der Waals surface area (Å²) in [6.45, 7) is 7.94. The Labute approximate surface area is 73.8 Å². The largest absolute Gasteiger partial charge is 0.468 e. The Morgan fingerprint density at radius 2 is 2.33 bits per heavy atom. The van der Waals surface area contributed by atoms with Crippen molar-refractivity contribution in [3.8, 4) is 0 Å². The van der Waals surface area contributed by atoms with Gasteiger partial charge in [-0.1, -0.05) is 13.0 Å². The summed E-state index contributed by atoms with van der Waals surface area (Å²) in [6, 6.07) is 0. The van der Waals surface area contributed by atoms with E-state index in [-0.39, 0.29) is 5.97 Å². The monoisotopic (exact) mass is 171 g/mol. The van der Waals surface area contributed by atoms with Crippen LogP contribution in [0.25, 0.3) is 0 Å². The van der Waals surface area contributed by atoms with Crippen molar-refractivity contribution < 1.29 is 9.53 Å².